The highest BCUT2D eigenvalue weighted by Gasteiger charge is 2.35. The lowest BCUT2D eigenvalue weighted by molar-refractivity contribution is -0.118. The minimum absolute atomic E-state index is 0.0112. The summed E-state index contributed by atoms with van der Waals surface area (Å²) in [5, 5.41) is 10.2. The summed E-state index contributed by atoms with van der Waals surface area (Å²) in [6.07, 6.45) is 1.51. The molecule has 0 saturated carbocycles. The Hall–Kier alpha value is -3.36. The van der Waals surface area contributed by atoms with Crippen molar-refractivity contribution in [1.29, 1.82) is 0 Å². The number of nitrogens with zero attached hydrogens (tertiary/aromatic N) is 3. The Balaban J connectivity index is 1.43. The smallest absolute Gasteiger partial charge is 0.322 e. The van der Waals surface area contributed by atoms with Gasteiger partial charge in [0.25, 0.3) is 5.91 Å². The molecule has 26 heavy (non-hydrogen) atoms. The largest absolute Gasteiger partial charge is 0.494 e. The molecule has 0 radical (unpaired) electrons. The number of rotatable bonds is 4. The molecule has 0 bridgehead atoms. The molecule has 0 spiro atoms. The van der Waals surface area contributed by atoms with Crippen molar-refractivity contribution in [2.24, 2.45) is 0 Å². The molecule has 1 unspecified atom stereocenters. The van der Waals surface area contributed by atoms with Gasteiger partial charge in [0.1, 0.15) is 19.5 Å². The molecule has 9 heteroatoms. The number of hydrogen-bond donors (Lipinski definition) is 1. The highest BCUT2D eigenvalue weighted by atomic mass is 16.6. The third-order valence-electron chi connectivity index (χ3n) is 4.08. The number of nitrogens with one attached hydrogen (secondary N) is 1. The van der Waals surface area contributed by atoms with Crippen molar-refractivity contribution in [3.05, 3.63) is 48.2 Å². The van der Waals surface area contributed by atoms with E-state index in [0.717, 1.165) is 5.69 Å². The van der Waals surface area contributed by atoms with Crippen LogP contribution in [0.3, 0.4) is 0 Å². The lowest BCUT2D eigenvalue weighted by Crippen LogP contribution is -2.24. The van der Waals surface area contributed by atoms with Crippen molar-refractivity contribution in [3.63, 3.8) is 0 Å². The van der Waals surface area contributed by atoms with Gasteiger partial charge in [-0.15, -0.1) is 5.10 Å². The van der Waals surface area contributed by atoms with E-state index in [4.69, 9.17) is 13.9 Å². The van der Waals surface area contributed by atoms with Gasteiger partial charge in [0, 0.05) is 18.7 Å². The Bertz CT molecular complexity index is 848. The maximum Gasteiger partial charge on any atom is 0.322 e. The monoisotopic (exact) mass is 356 g/mol. The summed E-state index contributed by atoms with van der Waals surface area (Å²) in [5.41, 5.74) is 0.828. The molecule has 1 aromatic carbocycles. The predicted molar refractivity (Wildman–Crippen MR) is 89.1 cm³/mol. The van der Waals surface area contributed by atoms with Crippen LogP contribution in [0.1, 0.15) is 18.2 Å². The number of aromatic nitrogens is 2. The molecule has 2 amide bonds. The second-order valence-corrected chi connectivity index (χ2v) is 5.84. The maximum atomic E-state index is 12.3. The van der Waals surface area contributed by atoms with E-state index in [9.17, 15) is 9.59 Å². The molecule has 2 aromatic rings. The first-order valence-corrected chi connectivity index (χ1v) is 8.15. The van der Waals surface area contributed by atoms with Gasteiger partial charge in [-0.2, -0.15) is 0 Å². The van der Waals surface area contributed by atoms with Crippen molar-refractivity contribution in [1.82, 2.24) is 10.2 Å². The van der Waals surface area contributed by atoms with Gasteiger partial charge in [-0.05, 0) is 12.1 Å². The topological polar surface area (TPSA) is 107 Å². The summed E-state index contributed by atoms with van der Waals surface area (Å²) >= 11 is 0. The van der Waals surface area contributed by atoms with E-state index >= 15 is 0 Å². The van der Waals surface area contributed by atoms with E-state index in [0.29, 0.717) is 25.6 Å². The van der Waals surface area contributed by atoms with E-state index in [-0.39, 0.29) is 30.0 Å². The van der Waals surface area contributed by atoms with Crippen LogP contribution >= 0.6 is 0 Å². The number of amides is 2. The first-order valence-electron chi connectivity index (χ1n) is 8.15. The van der Waals surface area contributed by atoms with Gasteiger partial charge in [0.05, 0.1) is 5.92 Å². The van der Waals surface area contributed by atoms with Crippen LogP contribution in [0.2, 0.25) is 0 Å². The zero-order valence-corrected chi connectivity index (χ0v) is 13.8. The summed E-state index contributed by atoms with van der Waals surface area (Å²) in [4.78, 5) is 26.0. The number of carbonyl (C=O) groups is 2. The Kier molecular flexibility index (Phi) is 4.26. The van der Waals surface area contributed by atoms with E-state index in [1.54, 1.807) is 4.90 Å². The van der Waals surface area contributed by atoms with Crippen LogP contribution < -0.4 is 10.2 Å². The average molecular weight is 356 g/mol. The summed E-state index contributed by atoms with van der Waals surface area (Å²) < 4.78 is 15.7. The van der Waals surface area contributed by atoms with E-state index in [1.165, 1.54) is 6.26 Å². The normalized spacial score (nSPS) is 19.5. The molecule has 3 heterocycles. The summed E-state index contributed by atoms with van der Waals surface area (Å²) in [6, 6.07) is 9.35. The summed E-state index contributed by atoms with van der Waals surface area (Å²) in [5.74, 6) is -0.422. The molecule has 4 rings (SSSR count). The van der Waals surface area contributed by atoms with Gasteiger partial charge in [0.15, 0.2) is 0 Å². The number of anilines is 2. The fourth-order valence-electron chi connectivity index (χ4n) is 2.83. The Morgan fingerprint density at radius 1 is 1.19 bits per heavy atom. The molecule has 134 valence electrons. The minimum Gasteiger partial charge on any atom is -0.494 e. The number of benzene rings is 1. The second kappa shape index (κ2) is 6.87. The molecule has 1 aromatic heterocycles. The maximum absolute atomic E-state index is 12.3. The molecule has 1 atom stereocenters. The van der Waals surface area contributed by atoms with Crippen LogP contribution in [0.5, 0.6) is 0 Å². The number of para-hydroxylation sites is 1. The zero-order valence-electron chi connectivity index (χ0n) is 13.8. The lowest BCUT2D eigenvalue weighted by atomic mass is 10.1. The van der Waals surface area contributed by atoms with Gasteiger partial charge in [-0.25, -0.2) is 0 Å². The minimum atomic E-state index is -0.534. The van der Waals surface area contributed by atoms with Crippen LogP contribution in [0.25, 0.3) is 0 Å². The predicted octanol–water partition coefficient (Wildman–Crippen LogP) is 1.42. The first kappa shape index (κ1) is 16.1. The lowest BCUT2D eigenvalue weighted by Gasteiger charge is -2.15. The van der Waals surface area contributed by atoms with Crippen molar-refractivity contribution in [2.45, 2.75) is 12.3 Å². The second-order valence-electron chi connectivity index (χ2n) is 5.84. The highest BCUT2D eigenvalue weighted by molar-refractivity contribution is 6.00. The fourth-order valence-corrected chi connectivity index (χ4v) is 2.83. The van der Waals surface area contributed by atoms with Gasteiger partial charge in [-0.1, -0.05) is 23.3 Å². The third-order valence-corrected chi connectivity index (χ3v) is 4.08. The first-order chi connectivity index (χ1) is 12.7. The van der Waals surface area contributed by atoms with Gasteiger partial charge < -0.3 is 18.8 Å². The molecule has 1 saturated heterocycles. The zero-order chi connectivity index (χ0) is 17.9. The fraction of sp³-hybridized carbons (Fsp3) is 0.294. The van der Waals surface area contributed by atoms with E-state index in [2.05, 4.69) is 15.5 Å². The van der Waals surface area contributed by atoms with Crippen LogP contribution in [0, 0.1) is 0 Å². The molecule has 2 aliphatic heterocycles. The number of hydrogen-bond acceptors (Lipinski definition) is 7. The van der Waals surface area contributed by atoms with E-state index < -0.39 is 5.91 Å². The summed E-state index contributed by atoms with van der Waals surface area (Å²) in [6.45, 7) is 1.14. The molecular weight excluding hydrogens is 340 g/mol. The molecule has 1 N–H and O–H groups in total. The van der Waals surface area contributed by atoms with Crippen LogP contribution in [-0.2, 0) is 19.1 Å². The van der Waals surface area contributed by atoms with Crippen LogP contribution in [0.15, 0.2) is 46.8 Å². The van der Waals surface area contributed by atoms with Crippen molar-refractivity contribution < 1.29 is 23.5 Å². The van der Waals surface area contributed by atoms with Gasteiger partial charge >= 0.3 is 6.01 Å². The quantitative estimate of drug-likeness (QED) is 0.883. The Labute approximate surface area is 148 Å². The van der Waals surface area contributed by atoms with Gasteiger partial charge in [0.2, 0.25) is 17.6 Å². The number of carbonyl (C=O) groups excluding carboxylic acids is 2. The molecule has 9 nitrogen and oxygen atoms in total. The molecule has 2 aliphatic rings. The van der Waals surface area contributed by atoms with Crippen molar-refractivity contribution in [3.8, 4) is 0 Å². The van der Waals surface area contributed by atoms with Crippen LogP contribution in [-0.4, -0.2) is 41.8 Å². The Morgan fingerprint density at radius 3 is 2.81 bits per heavy atom. The number of ether oxygens (including phenoxy) is 2. The third kappa shape index (κ3) is 3.23. The SMILES string of the molecule is O=C(Nc1nnc(C2CC(=O)N(c3ccccc3)C2)o1)C1=COCCO1. The summed E-state index contributed by atoms with van der Waals surface area (Å²) in [7, 11) is 0. The van der Waals surface area contributed by atoms with Crippen LogP contribution in [0.4, 0.5) is 11.7 Å². The van der Waals surface area contributed by atoms with Crippen molar-refractivity contribution >= 4 is 23.5 Å². The average Bonchev–Trinajstić information content (AvgIpc) is 3.30. The van der Waals surface area contributed by atoms with Crippen molar-refractivity contribution in [2.75, 3.05) is 30.0 Å². The molecular formula is C17H16N4O5. The standard InChI is InChI=1S/C17H16N4O5/c22-14-8-11(9-21(14)12-4-2-1-3-5-12)16-19-20-17(26-16)18-15(23)13-10-24-6-7-25-13/h1-5,10-11H,6-9H2,(H,18,20,23). The Morgan fingerprint density at radius 2 is 2.04 bits per heavy atom. The van der Waals surface area contributed by atoms with Gasteiger partial charge in [-0.3, -0.25) is 14.9 Å². The molecule has 0 aliphatic carbocycles. The molecule has 1 fully saturated rings. The highest BCUT2D eigenvalue weighted by Crippen LogP contribution is 2.31. The van der Waals surface area contributed by atoms with E-state index in [1.807, 2.05) is 30.3 Å².